The normalized spacial score (nSPS) is 12.5. The minimum atomic E-state index is 0.150. The van der Waals surface area contributed by atoms with Crippen LogP contribution in [-0.2, 0) is 0 Å². The van der Waals surface area contributed by atoms with Crippen molar-refractivity contribution in [3.8, 4) is 0 Å². The summed E-state index contributed by atoms with van der Waals surface area (Å²) in [5.41, 5.74) is 2.16. The number of nitrogens with one attached hydrogen (secondary N) is 2. The Balaban J connectivity index is 1.95. The molecule has 2 heterocycles. The van der Waals surface area contributed by atoms with Crippen molar-refractivity contribution in [3.05, 3.63) is 54.1 Å². The van der Waals surface area contributed by atoms with Crippen LogP contribution in [0.4, 0.5) is 5.82 Å². The summed E-state index contributed by atoms with van der Waals surface area (Å²) in [5.74, 6) is 1.87. The highest BCUT2D eigenvalue weighted by Crippen LogP contribution is 2.24. The van der Waals surface area contributed by atoms with Crippen molar-refractivity contribution in [1.29, 1.82) is 0 Å². The second-order valence-corrected chi connectivity index (χ2v) is 4.93. The van der Waals surface area contributed by atoms with Crippen molar-refractivity contribution < 1.29 is 0 Å². The number of aromatic nitrogens is 3. The number of hydrogen-bond acceptors (Lipinski definition) is 3. The molecule has 0 spiro atoms. The molecule has 0 bridgehead atoms. The molecule has 2 aromatic heterocycles. The van der Waals surface area contributed by atoms with Gasteiger partial charge in [-0.3, -0.25) is 0 Å². The van der Waals surface area contributed by atoms with E-state index in [1.807, 2.05) is 24.4 Å². The third-order valence-electron chi connectivity index (χ3n) is 3.48. The van der Waals surface area contributed by atoms with Crippen LogP contribution in [0.25, 0.3) is 10.9 Å². The summed E-state index contributed by atoms with van der Waals surface area (Å²) in [4.78, 5) is 12.2. The molecule has 4 nitrogen and oxygen atoms in total. The average Bonchev–Trinajstić information content (AvgIpc) is 2.99. The van der Waals surface area contributed by atoms with Gasteiger partial charge in [0.15, 0.2) is 0 Å². The van der Waals surface area contributed by atoms with Gasteiger partial charge in [-0.15, -0.1) is 0 Å². The highest BCUT2D eigenvalue weighted by molar-refractivity contribution is 5.81. The fraction of sp³-hybridized carbons (Fsp3) is 0.250. The third-order valence-corrected chi connectivity index (χ3v) is 3.48. The van der Waals surface area contributed by atoms with Crippen LogP contribution in [-0.4, -0.2) is 15.0 Å². The van der Waals surface area contributed by atoms with Crippen molar-refractivity contribution in [1.82, 2.24) is 15.0 Å². The summed E-state index contributed by atoms with van der Waals surface area (Å²) in [5, 5.41) is 4.65. The van der Waals surface area contributed by atoms with E-state index < -0.39 is 0 Å². The van der Waals surface area contributed by atoms with E-state index in [4.69, 9.17) is 4.98 Å². The maximum atomic E-state index is 4.72. The fourth-order valence-corrected chi connectivity index (χ4v) is 2.36. The lowest BCUT2D eigenvalue weighted by molar-refractivity contribution is 0.700. The predicted octanol–water partition coefficient (Wildman–Crippen LogP) is 3.83. The molecule has 0 aliphatic carbocycles. The van der Waals surface area contributed by atoms with Gasteiger partial charge in [0.2, 0.25) is 0 Å². The largest absolute Gasteiger partial charge is 0.360 e. The number of anilines is 1. The smallest absolute Gasteiger partial charge is 0.130 e. The lowest BCUT2D eigenvalue weighted by Crippen LogP contribution is -2.13. The summed E-state index contributed by atoms with van der Waals surface area (Å²) < 4.78 is 0. The second kappa shape index (κ2) is 5.33. The summed E-state index contributed by atoms with van der Waals surface area (Å²) in [6, 6.07) is 10.5. The first-order valence-electron chi connectivity index (χ1n) is 6.90. The molecule has 0 aliphatic heterocycles. The predicted molar refractivity (Wildman–Crippen MR) is 81.7 cm³/mol. The van der Waals surface area contributed by atoms with Gasteiger partial charge in [0.1, 0.15) is 11.6 Å². The molecule has 1 atom stereocenters. The molecule has 1 unspecified atom stereocenters. The number of aryl methyl sites for hydroxylation is 1. The molecule has 20 heavy (non-hydrogen) atoms. The van der Waals surface area contributed by atoms with Crippen LogP contribution in [0.1, 0.15) is 30.8 Å². The zero-order valence-corrected chi connectivity index (χ0v) is 11.7. The van der Waals surface area contributed by atoms with E-state index >= 15 is 0 Å². The molecular formula is C16H18N4. The van der Waals surface area contributed by atoms with Crippen LogP contribution in [0.15, 0.2) is 42.7 Å². The van der Waals surface area contributed by atoms with E-state index in [-0.39, 0.29) is 6.04 Å². The monoisotopic (exact) mass is 266 g/mol. The molecule has 4 heteroatoms. The number of benzene rings is 1. The Morgan fingerprint density at radius 3 is 2.90 bits per heavy atom. The average molecular weight is 266 g/mol. The van der Waals surface area contributed by atoms with E-state index in [1.165, 1.54) is 5.39 Å². The van der Waals surface area contributed by atoms with Gasteiger partial charge in [-0.2, -0.15) is 0 Å². The van der Waals surface area contributed by atoms with E-state index in [1.54, 1.807) is 6.20 Å². The highest BCUT2D eigenvalue weighted by Gasteiger charge is 2.13. The molecule has 3 aromatic rings. The van der Waals surface area contributed by atoms with E-state index in [0.717, 1.165) is 29.1 Å². The molecule has 0 fully saturated rings. The maximum absolute atomic E-state index is 4.72. The Labute approximate surface area is 118 Å². The minimum Gasteiger partial charge on any atom is -0.360 e. The van der Waals surface area contributed by atoms with Crippen LogP contribution in [0.5, 0.6) is 0 Å². The highest BCUT2D eigenvalue weighted by atomic mass is 15.1. The van der Waals surface area contributed by atoms with Crippen molar-refractivity contribution >= 4 is 16.7 Å². The third kappa shape index (κ3) is 2.37. The van der Waals surface area contributed by atoms with Gasteiger partial charge < -0.3 is 10.3 Å². The van der Waals surface area contributed by atoms with E-state index in [0.29, 0.717) is 0 Å². The molecule has 1 aromatic carbocycles. The van der Waals surface area contributed by atoms with Crippen molar-refractivity contribution in [2.75, 3.05) is 5.32 Å². The Hall–Kier alpha value is -2.36. The number of rotatable bonds is 4. The SMILES string of the molecule is CCC(Nc1nc2ccccc2cc1C)c1ncc[nH]1. The van der Waals surface area contributed by atoms with Gasteiger partial charge in [0.25, 0.3) is 0 Å². The first kappa shape index (κ1) is 12.7. The van der Waals surface area contributed by atoms with E-state index in [9.17, 15) is 0 Å². The van der Waals surface area contributed by atoms with Gasteiger partial charge in [-0.25, -0.2) is 9.97 Å². The molecular weight excluding hydrogens is 248 g/mol. The number of aromatic amines is 1. The molecule has 102 valence electrons. The van der Waals surface area contributed by atoms with Crippen molar-refractivity contribution in [3.63, 3.8) is 0 Å². The van der Waals surface area contributed by atoms with Crippen LogP contribution in [0.3, 0.4) is 0 Å². The summed E-state index contributed by atoms with van der Waals surface area (Å²) >= 11 is 0. The molecule has 0 amide bonds. The standard InChI is InChI=1S/C16H18N4/c1-3-13(16-17-8-9-18-16)19-15-11(2)10-12-6-4-5-7-14(12)20-15/h4-10,13H,3H2,1-2H3,(H,17,18)(H,19,20). The number of H-pyrrole nitrogens is 1. The summed E-state index contributed by atoms with van der Waals surface area (Å²) in [6.07, 6.45) is 4.57. The van der Waals surface area contributed by atoms with Crippen LogP contribution >= 0.6 is 0 Å². The quantitative estimate of drug-likeness (QED) is 0.754. The summed E-state index contributed by atoms with van der Waals surface area (Å²) in [6.45, 7) is 4.22. The van der Waals surface area contributed by atoms with Gasteiger partial charge >= 0.3 is 0 Å². The number of fused-ring (bicyclic) bond motifs is 1. The first-order valence-corrected chi connectivity index (χ1v) is 6.90. The number of hydrogen-bond donors (Lipinski definition) is 2. The van der Waals surface area contributed by atoms with Crippen LogP contribution in [0, 0.1) is 6.92 Å². The molecule has 0 saturated heterocycles. The van der Waals surface area contributed by atoms with Gasteiger partial charge in [-0.05, 0) is 31.0 Å². The van der Waals surface area contributed by atoms with Gasteiger partial charge in [0.05, 0.1) is 11.6 Å². The minimum absolute atomic E-state index is 0.150. The lowest BCUT2D eigenvalue weighted by atomic mass is 10.1. The lowest BCUT2D eigenvalue weighted by Gasteiger charge is -2.17. The zero-order valence-electron chi connectivity index (χ0n) is 11.7. The molecule has 0 saturated carbocycles. The van der Waals surface area contributed by atoms with Crippen molar-refractivity contribution in [2.45, 2.75) is 26.3 Å². The number of nitrogens with zero attached hydrogens (tertiary/aromatic N) is 2. The number of para-hydroxylation sites is 1. The summed E-state index contributed by atoms with van der Waals surface area (Å²) in [7, 11) is 0. The molecule has 0 radical (unpaired) electrons. The molecule has 3 rings (SSSR count). The second-order valence-electron chi connectivity index (χ2n) is 4.93. The van der Waals surface area contributed by atoms with Crippen LogP contribution in [0.2, 0.25) is 0 Å². The topological polar surface area (TPSA) is 53.6 Å². The maximum Gasteiger partial charge on any atom is 0.130 e. The number of imidazole rings is 1. The fourth-order valence-electron chi connectivity index (χ4n) is 2.36. The van der Waals surface area contributed by atoms with Crippen LogP contribution < -0.4 is 5.32 Å². The number of pyridine rings is 1. The first-order chi connectivity index (χ1) is 9.78. The Kier molecular flexibility index (Phi) is 3.37. The van der Waals surface area contributed by atoms with Gasteiger partial charge in [-0.1, -0.05) is 25.1 Å². The zero-order chi connectivity index (χ0) is 13.9. The molecule has 0 aliphatic rings. The Bertz CT molecular complexity index is 704. The van der Waals surface area contributed by atoms with E-state index in [2.05, 4.69) is 41.3 Å². The Morgan fingerprint density at radius 1 is 1.30 bits per heavy atom. The van der Waals surface area contributed by atoms with Crippen molar-refractivity contribution in [2.24, 2.45) is 0 Å². The Morgan fingerprint density at radius 2 is 2.15 bits per heavy atom. The van der Waals surface area contributed by atoms with Gasteiger partial charge in [0, 0.05) is 17.8 Å². The molecule has 2 N–H and O–H groups in total.